The zero-order valence-electron chi connectivity index (χ0n) is 9.41. The number of hydrogen-bond donors (Lipinski definition) is 2. The van der Waals surface area contributed by atoms with Crippen molar-refractivity contribution in [3.8, 4) is 0 Å². The van der Waals surface area contributed by atoms with Gasteiger partial charge in [0, 0.05) is 12.4 Å². The van der Waals surface area contributed by atoms with Crippen molar-refractivity contribution >= 4 is 0 Å². The lowest BCUT2D eigenvalue weighted by Crippen LogP contribution is -2.18. The van der Waals surface area contributed by atoms with Gasteiger partial charge in [0.2, 0.25) is 0 Å². The molecule has 0 unspecified atom stereocenters. The molecular weight excluding hydrogens is 184 g/mol. The highest BCUT2D eigenvalue weighted by molar-refractivity contribution is 5.14. The molecule has 0 aromatic rings. The molecule has 0 amide bonds. The topological polar surface area (TPSA) is 24.1 Å². The van der Waals surface area contributed by atoms with Crippen molar-refractivity contribution in [3.05, 3.63) is 36.7 Å². The van der Waals surface area contributed by atoms with Crippen LogP contribution in [-0.4, -0.2) is 13.1 Å². The average molecular weight is 206 g/mol. The molecule has 2 aliphatic heterocycles. The highest BCUT2D eigenvalue weighted by atomic mass is 14.8. The Bertz CT molecular complexity index is 179. The fraction of sp³-hybridized carbons (Fsp3) is 0.538. The molecule has 2 rings (SSSR count). The van der Waals surface area contributed by atoms with Crippen molar-refractivity contribution in [2.45, 2.75) is 32.1 Å². The van der Waals surface area contributed by atoms with E-state index in [-0.39, 0.29) is 0 Å². The second-order valence-corrected chi connectivity index (χ2v) is 3.79. The summed E-state index contributed by atoms with van der Waals surface area (Å²) in [5.41, 5.74) is 0. The Balaban J connectivity index is 0.000000151. The molecule has 0 radical (unpaired) electrons. The molecule has 1 fully saturated rings. The van der Waals surface area contributed by atoms with Gasteiger partial charge in [-0.2, -0.15) is 0 Å². The predicted molar refractivity (Wildman–Crippen MR) is 66.5 cm³/mol. The molecular formula is C13H22N2. The van der Waals surface area contributed by atoms with Crippen LogP contribution in [0.4, 0.5) is 0 Å². The van der Waals surface area contributed by atoms with E-state index in [1.807, 2.05) is 36.7 Å². The Morgan fingerprint density at radius 3 is 1.73 bits per heavy atom. The normalized spacial score (nSPS) is 20.3. The van der Waals surface area contributed by atoms with Gasteiger partial charge >= 0.3 is 0 Å². The van der Waals surface area contributed by atoms with E-state index in [0.717, 1.165) is 0 Å². The summed E-state index contributed by atoms with van der Waals surface area (Å²) < 4.78 is 0. The maximum Gasteiger partial charge on any atom is 0.000442 e. The molecule has 2 nitrogen and oxygen atoms in total. The largest absolute Gasteiger partial charge is 0.368 e. The first-order valence-electron chi connectivity index (χ1n) is 5.95. The van der Waals surface area contributed by atoms with Crippen LogP contribution in [0.2, 0.25) is 0 Å². The van der Waals surface area contributed by atoms with Gasteiger partial charge in [0.15, 0.2) is 0 Å². The molecule has 2 heterocycles. The zero-order chi connectivity index (χ0) is 10.6. The van der Waals surface area contributed by atoms with Crippen LogP contribution in [0.1, 0.15) is 32.1 Å². The second kappa shape index (κ2) is 9.53. The summed E-state index contributed by atoms with van der Waals surface area (Å²) in [7, 11) is 0. The predicted octanol–water partition coefficient (Wildman–Crippen LogP) is 2.71. The molecule has 0 saturated carbocycles. The van der Waals surface area contributed by atoms with Crippen LogP contribution in [0.25, 0.3) is 0 Å². The van der Waals surface area contributed by atoms with Crippen molar-refractivity contribution in [1.29, 1.82) is 0 Å². The summed E-state index contributed by atoms with van der Waals surface area (Å²) in [6.45, 7) is 2.50. The molecule has 0 spiro atoms. The average Bonchev–Trinajstić information content (AvgIpc) is 2.48. The van der Waals surface area contributed by atoms with Crippen LogP contribution in [-0.2, 0) is 0 Å². The lowest BCUT2D eigenvalue weighted by Gasteiger charge is -2.08. The molecule has 0 aromatic carbocycles. The second-order valence-electron chi connectivity index (χ2n) is 3.79. The molecule has 84 valence electrons. The summed E-state index contributed by atoms with van der Waals surface area (Å²) in [5, 5.41) is 6.31. The van der Waals surface area contributed by atoms with Crippen LogP contribution in [0.5, 0.6) is 0 Å². The Labute approximate surface area is 93.1 Å². The first kappa shape index (κ1) is 12.1. The molecule has 0 aromatic heterocycles. The van der Waals surface area contributed by atoms with Crippen LogP contribution < -0.4 is 10.6 Å². The smallest absolute Gasteiger partial charge is 0.000442 e. The van der Waals surface area contributed by atoms with Crippen molar-refractivity contribution < 1.29 is 0 Å². The van der Waals surface area contributed by atoms with Crippen molar-refractivity contribution in [3.63, 3.8) is 0 Å². The lowest BCUT2D eigenvalue weighted by molar-refractivity contribution is 0.516. The first-order valence-corrected chi connectivity index (χ1v) is 5.95. The van der Waals surface area contributed by atoms with E-state index in [0.29, 0.717) is 0 Å². The SMILES string of the molecule is C1=CC=CNC=C1.C1CCCNCCC1. The minimum absolute atomic E-state index is 1.25. The van der Waals surface area contributed by atoms with E-state index >= 15 is 0 Å². The fourth-order valence-corrected chi connectivity index (χ4v) is 1.56. The van der Waals surface area contributed by atoms with E-state index in [1.165, 1.54) is 45.2 Å². The van der Waals surface area contributed by atoms with E-state index in [1.54, 1.807) is 0 Å². The van der Waals surface area contributed by atoms with Crippen LogP contribution >= 0.6 is 0 Å². The van der Waals surface area contributed by atoms with Crippen molar-refractivity contribution in [2.75, 3.05) is 13.1 Å². The number of hydrogen-bond acceptors (Lipinski definition) is 2. The van der Waals surface area contributed by atoms with Gasteiger partial charge in [-0.05, 0) is 38.1 Å². The Hall–Kier alpha value is -1.02. The van der Waals surface area contributed by atoms with Gasteiger partial charge in [-0.3, -0.25) is 0 Å². The quantitative estimate of drug-likeness (QED) is 0.637. The highest BCUT2D eigenvalue weighted by Gasteiger charge is 1.94. The minimum Gasteiger partial charge on any atom is -0.368 e. The summed E-state index contributed by atoms with van der Waals surface area (Å²) in [6.07, 6.45) is 18.7. The summed E-state index contributed by atoms with van der Waals surface area (Å²) in [5.74, 6) is 0. The van der Waals surface area contributed by atoms with Gasteiger partial charge in [-0.1, -0.05) is 31.4 Å². The zero-order valence-corrected chi connectivity index (χ0v) is 9.41. The standard InChI is InChI=1S/C7H15N.C6H7N/c1-2-4-6-8-7-5-3-1;1-2-4-6-7-5-3-1/h8H,1-7H2;1-7H. The van der Waals surface area contributed by atoms with E-state index in [4.69, 9.17) is 0 Å². The molecule has 0 aliphatic carbocycles. The number of allylic oxidation sites excluding steroid dienone is 4. The maximum atomic E-state index is 3.39. The molecule has 2 heteroatoms. The maximum absolute atomic E-state index is 3.39. The van der Waals surface area contributed by atoms with Crippen LogP contribution in [0.15, 0.2) is 36.7 Å². The van der Waals surface area contributed by atoms with Crippen molar-refractivity contribution in [1.82, 2.24) is 10.6 Å². The van der Waals surface area contributed by atoms with Gasteiger partial charge in [-0.25, -0.2) is 0 Å². The molecule has 2 N–H and O–H groups in total. The van der Waals surface area contributed by atoms with Gasteiger partial charge in [0.05, 0.1) is 0 Å². The summed E-state index contributed by atoms with van der Waals surface area (Å²) in [6, 6.07) is 0. The van der Waals surface area contributed by atoms with Crippen LogP contribution in [0, 0.1) is 0 Å². The van der Waals surface area contributed by atoms with Gasteiger partial charge < -0.3 is 10.6 Å². The fourth-order valence-electron chi connectivity index (χ4n) is 1.56. The van der Waals surface area contributed by atoms with Crippen molar-refractivity contribution in [2.24, 2.45) is 0 Å². The molecule has 1 saturated heterocycles. The van der Waals surface area contributed by atoms with E-state index in [2.05, 4.69) is 10.6 Å². The lowest BCUT2D eigenvalue weighted by atomic mass is 10.1. The molecule has 0 atom stereocenters. The Kier molecular flexibility index (Phi) is 7.66. The molecule has 2 aliphatic rings. The Morgan fingerprint density at radius 1 is 0.600 bits per heavy atom. The summed E-state index contributed by atoms with van der Waals surface area (Å²) in [4.78, 5) is 0. The third kappa shape index (κ3) is 8.01. The molecule has 0 bridgehead atoms. The third-order valence-corrected chi connectivity index (χ3v) is 2.43. The highest BCUT2D eigenvalue weighted by Crippen LogP contribution is 2.03. The van der Waals surface area contributed by atoms with Gasteiger partial charge in [-0.15, -0.1) is 0 Å². The van der Waals surface area contributed by atoms with Crippen LogP contribution in [0.3, 0.4) is 0 Å². The third-order valence-electron chi connectivity index (χ3n) is 2.43. The monoisotopic (exact) mass is 206 g/mol. The van der Waals surface area contributed by atoms with E-state index in [9.17, 15) is 0 Å². The molecule has 15 heavy (non-hydrogen) atoms. The minimum atomic E-state index is 1.25. The first-order chi connectivity index (χ1) is 7.50. The van der Waals surface area contributed by atoms with Gasteiger partial charge in [0.1, 0.15) is 0 Å². The Morgan fingerprint density at radius 2 is 1.13 bits per heavy atom. The number of nitrogens with one attached hydrogen (secondary N) is 2. The number of rotatable bonds is 0. The van der Waals surface area contributed by atoms with Gasteiger partial charge in [0.25, 0.3) is 0 Å². The van der Waals surface area contributed by atoms with E-state index < -0.39 is 0 Å². The summed E-state index contributed by atoms with van der Waals surface area (Å²) >= 11 is 0.